The monoisotopic (exact) mass is 477 g/mol. The number of halogens is 1. The van der Waals surface area contributed by atoms with E-state index < -0.39 is 15.9 Å². The number of sulfonamides is 1. The van der Waals surface area contributed by atoms with Gasteiger partial charge in [-0.05, 0) is 35.9 Å². The highest BCUT2D eigenvalue weighted by atomic mass is 35.5. The number of carbonyl (C=O) groups excluding carboxylic acids is 1. The quantitative estimate of drug-likeness (QED) is 0.400. The number of aromatic nitrogens is 2. The molecule has 12 heteroatoms. The average Bonchev–Trinajstić information content (AvgIpc) is 2.82. The highest BCUT2D eigenvalue weighted by Crippen LogP contribution is 2.25. The lowest BCUT2D eigenvalue weighted by Crippen LogP contribution is -2.31. The maximum atomic E-state index is 12.9. The van der Waals surface area contributed by atoms with Gasteiger partial charge in [0, 0.05) is 29.4 Å². The zero-order chi connectivity index (χ0) is 23.1. The summed E-state index contributed by atoms with van der Waals surface area (Å²) in [6.07, 6.45) is 1.45. The van der Waals surface area contributed by atoms with Crippen molar-refractivity contribution in [2.45, 2.75) is 11.4 Å². The molecule has 3 N–H and O–H groups in total. The number of nitrogens with one attached hydrogen (secondary N) is 3. The van der Waals surface area contributed by atoms with Crippen molar-refractivity contribution < 1.29 is 22.7 Å². The number of hydrazine groups is 1. The Bertz CT molecular complexity index is 1210. The standard InChI is InChI=1S/C20H20ClN5O5S/c1-30-16-8-5-14(19(27)25-26-20-22-10-9-18(24-20)31-2)11-17(16)32(28,29)23-12-13-3-6-15(21)7-4-13/h3-11,23H,12H2,1-2H3,(H,25,27)(H,22,24,26). The van der Waals surface area contributed by atoms with Crippen LogP contribution in [-0.2, 0) is 16.6 Å². The molecule has 10 nitrogen and oxygen atoms in total. The summed E-state index contributed by atoms with van der Waals surface area (Å²) in [5.74, 6) is -0.104. The largest absolute Gasteiger partial charge is 0.495 e. The molecule has 32 heavy (non-hydrogen) atoms. The SMILES string of the molecule is COc1ccnc(NNC(=O)c2ccc(OC)c(S(=O)(=O)NCc3ccc(Cl)cc3)c2)n1. The number of amides is 1. The van der Waals surface area contributed by atoms with E-state index in [4.69, 9.17) is 21.1 Å². The van der Waals surface area contributed by atoms with Crippen molar-refractivity contribution >= 4 is 33.5 Å². The molecule has 0 aliphatic heterocycles. The lowest BCUT2D eigenvalue weighted by Gasteiger charge is -2.13. The van der Waals surface area contributed by atoms with Gasteiger partial charge >= 0.3 is 0 Å². The van der Waals surface area contributed by atoms with E-state index in [1.165, 1.54) is 38.6 Å². The smallest absolute Gasteiger partial charge is 0.269 e. The van der Waals surface area contributed by atoms with Crippen LogP contribution in [0.5, 0.6) is 11.6 Å². The first-order chi connectivity index (χ1) is 15.3. The Morgan fingerprint density at radius 3 is 2.50 bits per heavy atom. The van der Waals surface area contributed by atoms with Crippen LogP contribution in [0.15, 0.2) is 59.6 Å². The number of anilines is 1. The van der Waals surface area contributed by atoms with E-state index in [2.05, 4.69) is 25.5 Å². The lowest BCUT2D eigenvalue weighted by molar-refractivity contribution is 0.0962. The van der Waals surface area contributed by atoms with Crippen LogP contribution in [0, 0.1) is 0 Å². The number of rotatable bonds is 9. The molecule has 168 valence electrons. The third-order valence-corrected chi connectivity index (χ3v) is 5.90. The molecule has 1 aromatic heterocycles. The molecule has 1 amide bonds. The van der Waals surface area contributed by atoms with Crippen LogP contribution in [0.1, 0.15) is 15.9 Å². The molecular formula is C20H20ClN5O5S. The molecule has 0 saturated carbocycles. The van der Waals surface area contributed by atoms with Crippen molar-refractivity contribution in [1.29, 1.82) is 0 Å². The third-order valence-electron chi connectivity index (χ3n) is 4.22. The van der Waals surface area contributed by atoms with Crippen molar-refractivity contribution in [1.82, 2.24) is 20.1 Å². The van der Waals surface area contributed by atoms with Gasteiger partial charge in [-0.1, -0.05) is 23.7 Å². The van der Waals surface area contributed by atoms with Crippen LogP contribution >= 0.6 is 11.6 Å². The van der Waals surface area contributed by atoms with Crippen molar-refractivity contribution in [3.63, 3.8) is 0 Å². The van der Waals surface area contributed by atoms with Gasteiger partial charge in [0.2, 0.25) is 21.9 Å². The summed E-state index contributed by atoms with van der Waals surface area (Å²) in [6.45, 7) is 0.0355. The minimum atomic E-state index is -3.99. The van der Waals surface area contributed by atoms with E-state index >= 15 is 0 Å². The Morgan fingerprint density at radius 2 is 1.81 bits per heavy atom. The number of ether oxygens (including phenoxy) is 2. The maximum Gasteiger partial charge on any atom is 0.269 e. The number of benzene rings is 2. The summed E-state index contributed by atoms with van der Waals surface area (Å²) in [5.41, 5.74) is 5.75. The number of hydrogen-bond acceptors (Lipinski definition) is 8. The summed E-state index contributed by atoms with van der Waals surface area (Å²) >= 11 is 5.85. The van der Waals surface area contributed by atoms with E-state index in [0.29, 0.717) is 16.5 Å². The summed E-state index contributed by atoms with van der Waals surface area (Å²) in [7, 11) is -1.20. The normalized spacial score (nSPS) is 11.0. The Morgan fingerprint density at radius 1 is 1.06 bits per heavy atom. The molecule has 0 aliphatic rings. The molecule has 0 unspecified atom stereocenters. The number of hydrogen-bond donors (Lipinski definition) is 3. The van der Waals surface area contributed by atoms with E-state index in [1.807, 2.05) is 0 Å². The summed E-state index contributed by atoms with van der Waals surface area (Å²) in [5, 5.41) is 0.546. The number of nitrogens with zero attached hydrogens (tertiary/aromatic N) is 2. The molecule has 2 aromatic carbocycles. The summed E-state index contributed by atoms with van der Waals surface area (Å²) in [6, 6.07) is 12.3. The van der Waals surface area contributed by atoms with Crippen LogP contribution in [0.2, 0.25) is 5.02 Å². The molecular weight excluding hydrogens is 458 g/mol. The topological polar surface area (TPSA) is 132 Å². The zero-order valence-corrected chi connectivity index (χ0v) is 18.7. The molecule has 0 bridgehead atoms. The van der Waals surface area contributed by atoms with Crippen molar-refractivity contribution in [2.24, 2.45) is 0 Å². The Hall–Kier alpha value is -3.41. The van der Waals surface area contributed by atoms with Crippen LogP contribution in [0.25, 0.3) is 0 Å². The van der Waals surface area contributed by atoms with Gasteiger partial charge in [-0.15, -0.1) is 0 Å². The Labute approximate surface area is 190 Å². The molecule has 0 fully saturated rings. The van der Waals surface area contributed by atoms with Crippen LogP contribution in [-0.4, -0.2) is 38.5 Å². The molecule has 1 heterocycles. The minimum Gasteiger partial charge on any atom is -0.495 e. The summed E-state index contributed by atoms with van der Waals surface area (Å²) < 4.78 is 38.4. The predicted octanol–water partition coefficient (Wildman–Crippen LogP) is 2.38. The first-order valence-corrected chi connectivity index (χ1v) is 11.0. The second-order valence-electron chi connectivity index (χ2n) is 6.32. The van der Waals surface area contributed by atoms with E-state index in [9.17, 15) is 13.2 Å². The van der Waals surface area contributed by atoms with Crippen molar-refractivity contribution in [3.05, 3.63) is 70.9 Å². The van der Waals surface area contributed by atoms with Gasteiger partial charge in [0.15, 0.2) is 0 Å². The van der Waals surface area contributed by atoms with E-state index in [0.717, 1.165) is 0 Å². The van der Waals surface area contributed by atoms with Gasteiger partial charge in [-0.25, -0.2) is 18.1 Å². The summed E-state index contributed by atoms with van der Waals surface area (Å²) in [4.78, 5) is 20.3. The first-order valence-electron chi connectivity index (χ1n) is 9.18. The van der Waals surface area contributed by atoms with Crippen LogP contribution in [0.4, 0.5) is 5.95 Å². The third kappa shape index (κ3) is 5.84. The zero-order valence-electron chi connectivity index (χ0n) is 17.1. The van der Waals surface area contributed by atoms with Gasteiger partial charge in [0.1, 0.15) is 10.6 Å². The second kappa shape index (κ2) is 10.3. The molecule has 0 saturated heterocycles. The van der Waals surface area contributed by atoms with E-state index in [1.54, 1.807) is 30.3 Å². The Kier molecular flexibility index (Phi) is 7.46. The minimum absolute atomic E-state index is 0.0355. The molecule has 0 aliphatic carbocycles. The Balaban J connectivity index is 1.76. The van der Waals surface area contributed by atoms with Crippen LogP contribution < -0.4 is 25.0 Å². The molecule has 0 spiro atoms. The van der Waals surface area contributed by atoms with Gasteiger partial charge in [0.25, 0.3) is 5.91 Å². The lowest BCUT2D eigenvalue weighted by atomic mass is 10.2. The maximum absolute atomic E-state index is 12.9. The van der Waals surface area contributed by atoms with Crippen LogP contribution in [0.3, 0.4) is 0 Å². The fraction of sp³-hybridized carbons (Fsp3) is 0.150. The molecule has 3 aromatic rings. The second-order valence-corrected chi connectivity index (χ2v) is 8.49. The highest BCUT2D eigenvalue weighted by molar-refractivity contribution is 7.89. The van der Waals surface area contributed by atoms with Gasteiger partial charge in [0.05, 0.1) is 14.2 Å². The fourth-order valence-corrected chi connectivity index (χ4v) is 3.92. The first kappa shape index (κ1) is 23.3. The number of carbonyl (C=O) groups is 1. The fourth-order valence-electron chi connectivity index (χ4n) is 2.59. The number of methoxy groups -OCH3 is 2. The molecule has 0 radical (unpaired) electrons. The van der Waals surface area contributed by atoms with Crippen molar-refractivity contribution in [2.75, 3.05) is 19.6 Å². The van der Waals surface area contributed by atoms with Gasteiger partial charge in [-0.2, -0.15) is 4.98 Å². The molecule has 0 atom stereocenters. The highest BCUT2D eigenvalue weighted by Gasteiger charge is 2.22. The van der Waals surface area contributed by atoms with Crippen molar-refractivity contribution in [3.8, 4) is 11.6 Å². The van der Waals surface area contributed by atoms with E-state index in [-0.39, 0.29) is 28.7 Å². The van der Waals surface area contributed by atoms with Gasteiger partial charge in [-0.3, -0.25) is 15.6 Å². The molecule has 3 rings (SSSR count). The predicted molar refractivity (Wildman–Crippen MR) is 118 cm³/mol. The van der Waals surface area contributed by atoms with Gasteiger partial charge < -0.3 is 9.47 Å². The average molecular weight is 478 g/mol.